The van der Waals surface area contributed by atoms with Gasteiger partial charge in [0.2, 0.25) is 0 Å². The summed E-state index contributed by atoms with van der Waals surface area (Å²) in [5.41, 5.74) is 8.36. The molecule has 2 heterocycles. The Kier molecular flexibility index (Phi) is 2.79. The predicted octanol–water partition coefficient (Wildman–Crippen LogP) is 0.394. The Morgan fingerprint density at radius 3 is 2.75 bits per heavy atom. The summed E-state index contributed by atoms with van der Waals surface area (Å²) in [4.78, 5) is 0. The molecule has 2 rings (SSSR count). The molecule has 0 unspecified atom stereocenters. The Morgan fingerprint density at radius 2 is 2.19 bits per heavy atom. The molecule has 90 valence electrons. The molecule has 0 saturated carbocycles. The maximum absolute atomic E-state index is 11.6. The van der Waals surface area contributed by atoms with Crippen LogP contribution in [0, 0.1) is 0 Å². The third kappa shape index (κ3) is 1.87. The fraction of sp³-hybridized carbons (Fsp3) is 0.700. The van der Waals surface area contributed by atoms with E-state index in [1.54, 1.807) is 4.68 Å². The minimum absolute atomic E-state index is 0.105. The monoisotopic (exact) mass is 243 g/mol. The number of rotatable bonds is 2. The zero-order chi connectivity index (χ0) is 11.9. The summed E-state index contributed by atoms with van der Waals surface area (Å²) in [6, 6.07) is 0.169. The molecule has 0 spiro atoms. The zero-order valence-corrected chi connectivity index (χ0v) is 10.4. The third-order valence-corrected chi connectivity index (χ3v) is 4.44. The summed E-state index contributed by atoms with van der Waals surface area (Å²) in [6.07, 6.45) is 0.552. The minimum Gasteiger partial charge on any atom is -0.325 e. The standard InChI is InChI=1S/C10H17N3O2S/c1-7(2)13-10-6-16(14,15)4-3-8(10)9(5-11)12-13/h7H,3-6,11H2,1-2H3. The second-order valence-electron chi connectivity index (χ2n) is 4.46. The molecular weight excluding hydrogens is 226 g/mol. The van der Waals surface area contributed by atoms with E-state index in [4.69, 9.17) is 5.73 Å². The van der Waals surface area contributed by atoms with Crippen LogP contribution in [0.1, 0.15) is 36.8 Å². The topological polar surface area (TPSA) is 78.0 Å². The zero-order valence-electron chi connectivity index (χ0n) is 9.60. The number of sulfone groups is 1. The van der Waals surface area contributed by atoms with Crippen molar-refractivity contribution >= 4 is 9.84 Å². The second kappa shape index (κ2) is 3.85. The van der Waals surface area contributed by atoms with E-state index in [2.05, 4.69) is 5.10 Å². The Hall–Kier alpha value is -0.880. The summed E-state index contributed by atoms with van der Waals surface area (Å²) in [6.45, 7) is 4.37. The Morgan fingerprint density at radius 1 is 1.50 bits per heavy atom. The molecule has 1 aliphatic heterocycles. The van der Waals surface area contributed by atoms with Crippen LogP contribution in [-0.4, -0.2) is 24.0 Å². The summed E-state index contributed by atoms with van der Waals surface area (Å²) in [7, 11) is -2.95. The summed E-state index contributed by atoms with van der Waals surface area (Å²) in [5.74, 6) is 0.324. The number of aromatic nitrogens is 2. The third-order valence-electron chi connectivity index (χ3n) is 2.90. The van der Waals surface area contributed by atoms with E-state index < -0.39 is 9.84 Å². The molecule has 1 aromatic heterocycles. The van der Waals surface area contributed by atoms with Crippen molar-refractivity contribution < 1.29 is 8.42 Å². The molecule has 0 fully saturated rings. The van der Waals surface area contributed by atoms with Crippen molar-refractivity contribution in [3.8, 4) is 0 Å². The van der Waals surface area contributed by atoms with Gasteiger partial charge in [-0.3, -0.25) is 4.68 Å². The van der Waals surface area contributed by atoms with Gasteiger partial charge in [0.25, 0.3) is 0 Å². The maximum Gasteiger partial charge on any atom is 0.156 e. The van der Waals surface area contributed by atoms with Gasteiger partial charge < -0.3 is 5.73 Å². The van der Waals surface area contributed by atoms with Crippen molar-refractivity contribution in [2.45, 2.75) is 38.6 Å². The molecule has 6 heteroatoms. The average molecular weight is 243 g/mol. The summed E-state index contributed by atoms with van der Waals surface area (Å²) in [5, 5.41) is 4.40. The minimum atomic E-state index is -2.95. The lowest BCUT2D eigenvalue weighted by molar-refractivity contribution is 0.507. The van der Waals surface area contributed by atoms with Gasteiger partial charge in [-0.2, -0.15) is 5.10 Å². The molecule has 0 radical (unpaired) electrons. The SMILES string of the molecule is CC(C)n1nc(CN)c2c1CS(=O)(=O)CC2. The molecule has 0 aromatic carbocycles. The Bertz CT molecular complexity index is 502. The van der Waals surface area contributed by atoms with Gasteiger partial charge in [-0.25, -0.2) is 8.42 Å². The highest BCUT2D eigenvalue weighted by atomic mass is 32.2. The molecule has 0 atom stereocenters. The predicted molar refractivity (Wildman–Crippen MR) is 61.7 cm³/mol. The maximum atomic E-state index is 11.6. The number of nitrogens with two attached hydrogens (primary N) is 1. The van der Waals surface area contributed by atoms with E-state index in [1.165, 1.54) is 0 Å². The molecule has 0 amide bonds. The number of hydrogen-bond acceptors (Lipinski definition) is 4. The summed E-state index contributed by atoms with van der Waals surface area (Å²) >= 11 is 0. The van der Waals surface area contributed by atoms with Gasteiger partial charge in [-0.1, -0.05) is 0 Å². The van der Waals surface area contributed by atoms with Crippen LogP contribution in [0.2, 0.25) is 0 Å². The first-order valence-corrected chi connectivity index (χ1v) is 7.26. The molecule has 1 aliphatic rings. The van der Waals surface area contributed by atoms with Gasteiger partial charge in [-0.15, -0.1) is 0 Å². The highest BCUT2D eigenvalue weighted by Gasteiger charge is 2.28. The van der Waals surface area contributed by atoms with E-state index in [0.29, 0.717) is 13.0 Å². The molecule has 0 aliphatic carbocycles. The van der Waals surface area contributed by atoms with Crippen LogP contribution in [0.25, 0.3) is 0 Å². The molecule has 1 aromatic rings. The highest BCUT2D eigenvalue weighted by molar-refractivity contribution is 7.90. The number of fused-ring (bicyclic) bond motifs is 1. The molecule has 16 heavy (non-hydrogen) atoms. The van der Waals surface area contributed by atoms with Crippen molar-refractivity contribution in [2.75, 3.05) is 5.75 Å². The van der Waals surface area contributed by atoms with Gasteiger partial charge in [0, 0.05) is 12.6 Å². The molecule has 2 N–H and O–H groups in total. The van der Waals surface area contributed by atoms with Gasteiger partial charge in [-0.05, 0) is 25.8 Å². The van der Waals surface area contributed by atoms with Crippen LogP contribution < -0.4 is 5.73 Å². The fourth-order valence-electron chi connectivity index (χ4n) is 2.13. The van der Waals surface area contributed by atoms with E-state index >= 15 is 0 Å². The van der Waals surface area contributed by atoms with E-state index in [1.807, 2.05) is 13.8 Å². The first kappa shape index (κ1) is 11.6. The quantitative estimate of drug-likeness (QED) is 0.815. The van der Waals surface area contributed by atoms with Crippen LogP contribution >= 0.6 is 0 Å². The lowest BCUT2D eigenvalue weighted by atomic mass is 10.1. The number of hydrogen-bond donors (Lipinski definition) is 1. The fourth-order valence-corrected chi connectivity index (χ4v) is 3.51. The van der Waals surface area contributed by atoms with Crippen molar-refractivity contribution in [1.29, 1.82) is 0 Å². The average Bonchev–Trinajstić information content (AvgIpc) is 2.53. The van der Waals surface area contributed by atoms with Crippen LogP contribution in [0.3, 0.4) is 0 Å². The smallest absolute Gasteiger partial charge is 0.156 e. The molecule has 0 bridgehead atoms. The van der Waals surface area contributed by atoms with Crippen molar-refractivity contribution in [2.24, 2.45) is 5.73 Å². The molecule has 0 saturated heterocycles. The lowest BCUT2D eigenvalue weighted by Crippen LogP contribution is -2.22. The van der Waals surface area contributed by atoms with Crippen molar-refractivity contribution in [3.63, 3.8) is 0 Å². The van der Waals surface area contributed by atoms with Crippen molar-refractivity contribution in [3.05, 3.63) is 17.0 Å². The van der Waals surface area contributed by atoms with Crippen LogP contribution in [-0.2, 0) is 28.6 Å². The van der Waals surface area contributed by atoms with Crippen LogP contribution in [0.5, 0.6) is 0 Å². The molecular formula is C10H17N3O2S. The Labute approximate surface area is 95.6 Å². The first-order valence-electron chi connectivity index (χ1n) is 5.44. The second-order valence-corrected chi connectivity index (χ2v) is 6.64. The number of nitrogens with zero attached hydrogens (tertiary/aromatic N) is 2. The summed E-state index contributed by atoms with van der Waals surface area (Å²) < 4.78 is 25.0. The Balaban J connectivity index is 2.56. The van der Waals surface area contributed by atoms with E-state index in [-0.39, 0.29) is 17.5 Å². The van der Waals surface area contributed by atoms with Gasteiger partial charge in [0.15, 0.2) is 9.84 Å². The van der Waals surface area contributed by atoms with Crippen LogP contribution in [0.15, 0.2) is 0 Å². The highest BCUT2D eigenvalue weighted by Crippen LogP contribution is 2.26. The lowest BCUT2D eigenvalue weighted by Gasteiger charge is -2.16. The van der Waals surface area contributed by atoms with Gasteiger partial charge in [0.1, 0.15) is 0 Å². The van der Waals surface area contributed by atoms with E-state index in [9.17, 15) is 8.42 Å². The largest absolute Gasteiger partial charge is 0.325 e. The molecule has 5 nitrogen and oxygen atoms in total. The normalized spacial score (nSPS) is 18.8. The first-order chi connectivity index (χ1) is 7.44. The van der Waals surface area contributed by atoms with E-state index in [0.717, 1.165) is 17.0 Å². The van der Waals surface area contributed by atoms with Crippen molar-refractivity contribution in [1.82, 2.24) is 9.78 Å². The van der Waals surface area contributed by atoms with Gasteiger partial charge >= 0.3 is 0 Å². The van der Waals surface area contributed by atoms with Gasteiger partial charge in [0.05, 0.1) is 22.9 Å². The van der Waals surface area contributed by atoms with Crippen LogP contribution in [0.4, 0.5) is 0 Å².